The SMILES string of the molecule is COCc1nc2cc(NC(=O)c3ccn(C4CCCNC4)n3)ccc2o1. The molecule has 1 amide bonds. The molecule has 1 saturated heterocycles. The zero-order valence-corrected chi connectivity index (χ0v) is 14.6. The van der Waals surface area contributed by atoms with Crippen molar-refractivity contribution in [1.29, 1.82) is 0 Å². The minimum atomic E-state index is -0.243. The van der Waals surface area contributed by atoms with Crippen LogP contribution in [0.4, 0.5) is 5.69 Å². The first kappa shape index (κ1) is 16.7. The van der Waals surface area contributed by atoms with Crippen LogP contribution in [-0.2, 0) is 11.3 Å². The summed E-state index contributed by atoms with van der Waals surface area (Å²) in [5.41, 5.74) is 2.38. The number of methoxy groups -OCH3 is 1. The summed E-state index contributed by atoms with van der Waals surface area (Å²) in [5.74, 6) is 0.262. The Kier molecular flexibility index (Phi) is 4.68. The Morgan fingerprint density at radius 2 is 2.38 bits per heavy atom. The molecule has 1 aliphatic rings. The first-order chi connectivity index (χ1) is 12.7. The van der Waals surface area contributed by atoms with Crippen molar-refractivity contribution in [3.63, 3.8) is 0 Å². The van der Waals surface area contributed by atoms with Gasteiger partial charge >= 0.3 is 0 Å². The van der Waals surface area contributed by atoms with Crippen LogP contribution < -0.4 is 10.6 Å². The van der Waals surface area contributed by atoms with Gasteiger partial charge in [-0.1, -0.05) is 0 Å². The molecule has 3 aromatic rings. The molecule has 8 heteroatoms. The third-order valence-corrected chi connectivity index (χ3v) is 4.44. The second-order valence-electron chi connectivity index (χ2n) is 6.36. The Bertz CT molecular complexity index is 911. The Balaban J connectivity index is 1.47. The highest BCUT2D eigenvalue weighted by Gasteiger charge is 2.18. The number of piperidine rings is 1. The lowest BCUT2D eigenvalue weighted by molar-refractivity contribution is 0.102. The van der Waals surface area contributed by atoms with Gasteiger partial charge in [0.1, 0.15) is 12.1 Å². The fourth-order valence-corrected chi connectivity index (χ4v) is 3.15. The maximum absolute atomic E-state index is 12.5. The summed E-state index contributed by atoms with van der Waals surface area (Å²) in [5, 5.41) is 10.7. The number of fused-ring (bicyclic) bond motifs is 1. The van der Waals surface area contributed by atoms with Crippen LogP contribution >= 0.6 is 0 Å². The number of nitrogens with one attached hydrogen (secondary N) is 2. The van der Waals surface area contributed by atoms with Crippen LogP contribution in [0.5, 0.6) is 0 Å². The van der Waals surface area contributed by atoms with Gasteiger partial charge in [0.05, 0.1) is 6.04 Å². The standard InChI is InChI=1S/C18H21N5O3/c1-25-11-17-21-15-9-12(4-5-16(15)26-17)20-18(24)14-6-8-23(22-14)13-3-2-7-19-10-13/h4-6,8-9,13,19H,2-3,7,10-11H2,1H3,(H,20,24). The Hall–Kier alpha value is -2.71. The molecule has 1 fully saturated rings. The molecule has 136 valence electrons. The van der Waals surface area contributed by atoms with Crippen LogP contribution in [-0.4, -0.2) is 40.9 Å². The molecule has 1 unspecified atom stereocenters. The predicted octanol–water partition coefficient (Wildman–Crippen LogP) is 2.35. The van der Waals surface area contributed by atoms with E-state index >= 15 is 0 Å². The van der Waals surface area contributed by atoms with Gasteiger partial charge in [0, 0.05) is 25.5 Å². The molecule has 0 bridgehead atoms. The van der Waals surface area contributed by atoms with Crippen molar-refractivity contribution in [2.45, 2.75) is 25.5 Å². The number of carbonyl (C=O) groups is 1. The van der Waals surface area contributed by atoms with Crippen LogP contribution in [0.1, 0.15) is 35.3 Å². The van der Waals surface area contributed by atoms with E-state index in [1.165, 1.54) is 0 Å². The number of nitrogens with zero attached hydrogens (tertiary/aromatic N) is 3. The summed E-state index contributed by atoms with van der Waals surface area (Å²) in [7, 11) is 1.59. The molecule has 3 heterocycles. The quantitative estimate of drug-likeness (QED) is 0.730. The van der Waals surface area contributed by atoms with E-state index in [0.717, 1.165) is 25.9 Å². The molecule has 1 aromatic carbocycles. The van der Waals surface area contributed by atoms with Crippen LogP contribution in [0.2, 0.25) is 0 Å². The van der Waals surface area contributed by atoms with Crippen molar-refractivity contribution in [1.82, 2.24) is 20.1 Å². The van der Waals surface area contributed by atoms with E-state index in [-0.39, 0.29) is 5.91 Å². The summed E-state index contributed by atoms with van der Waals surface area (Å²) in [4.78, 5) is 16.8. The third-order valence-electron chi connectivity index (χ3n) is 4.44. The largest absolute Gasteiger partial charge is 0.438 e. The summed E-state index contributed by atoms with van der Waals surface area (Å²) in [6, 6.07) is 7.39. The monoisotopic (exact) mass is 355 g/mol. The predicted molar refractivity (Wildman–Crippen MR) is 96.0 cm³/mol. The molecular weight excluding hydrogens is 334 g/mol. The lowest BCUT2D eigenvalue weighted by Crippen LogP contribution is -2.32. The number of anilines is 1. The Morgan fingerprint density at radius 1 is 1.46 bits per heavy atom. The van der Waals surface area contributed by atoms with Gasteiger partial charge in [0.15, 0.2) is 11.3 Å². The molecule has 2 aromatic heterocycles. The van der Waals surface area contributed by atoms with Gasteiger partial charge in [0.25, 0.3) is 5.91 Å². The van der Waals surface area contributed by atoms with E-state index in [4.69, 9.17) is 9.15 Å². The average Bonchev–Trinajstić information content (AvgIpc) is 3.29. The van der Waals surface area contributed by atoms with E-state index in [0.29, 0.717) is 41.0 Å². The van der Waals surface area contributed by atoms with Gasteiger partial charge in [-0.2, -0.15) is 5.10 Å². The third kappa shape index (κ3) is 3.47. The average molecular weight is 355 g/mol. The van der Waals surface area contributed by atoms with Gasteiger partial charge in [-0.25, -0.2) is 4.98 Å². The zero-order valence-electron chi connectivity index (χ0n) is 14.6. The second kappa shape index (κ2) is 7.27. The maximum atomic E-state index is 12.5. The fourth-order valence-electron chi connectivity index (χ4n) is 3.15. The number of aromatic nitrogens is 3. The van der Waals surface area contributed by atoms with Crippen molar-refractivity contribution in [3.8, 4) is 0 Å². The van der Waals surface area contributed by atoms with Gasteiger partial charge < -0.3 is 19.8 Å². The van der Waals surface area contributed by atoms with Crippen molar-refractivity contribution >= 4 is 22.7 Å². The molecule has 26 heavy (non-hydrogen) atoms. The molecule has 2 N–H and O–H groups in total. The van der Waals surface area contributed by atoms with Gasteiger partial charge in [0.2, 0.25) is 5.89 Å². The number of rotatable bonds is 5. The first-order valence-corrected chi connectivity index (χ1v) is 8.68. The number of oxazole rings is 1. The van der Waals surface area contributed by atoms with Crippen molar-refractivity contribution in [3.05, 3.63) is 42.0 Å². The highest BCUT2D eigenvalue weighted by atomic mass is 16.5. The molecule has 0 saturated carbocycles. The van der Waals surface area contributed by atoms with Crippen molar-refractivity contribution in [2.75, 3.05) is 25.5 Å². The molecule has 1 atom stereocenters. The Morgan fingerprint density at radius 3 is 3.19 bits per heavy atom. The topological polar surface area (TPSA) is 94.2 Å². The number of ether oxygens (including phenoxy) is 1. The fraction of sp³-hybridized carbons (Fsp3) is 0.389. The van der Waals surface area contributed by atoms with E-state index in [1.54, 1.807) is 31.4 Å². The number of amides is 1. The van der Waals surface area contributed by atoms with E-state index in [9.17, 15) is 4.79 Å². The maximum Gasteiger partial charge on any atom is 0.276 e. The van der Waals surface area contributed by atoms with Gasteiger partial charge in [-0.05, 0) is 43.7 Å². The first-order valence-electron chi connectivity index (χ1n) is 8.68. The summed E-state index contributed by atoms with van der Waals surface area (Å²) >= 11 is 0. The summed E-state index contributed by atoms with van der Waals surface area (Å²) in [6.07, 6.45) is 4.06. The summed E-state index contributed by atoms with van der Waals surface area (Å²) in [6.45, 7) is 2.24. The molecule has 1 aliphatic heterocycles. The van der Waals surface area contributed by atoms with E-state index in [1.807, 2.05) is 10.9 Å². The van der Waals surface area contributed by atoms with Crippen LogP contribution in [0.25, 0.3) is 11.1 Å². The molecule has 8 nitrogen and oxygen atoms in total. The normalized spacial score (nSPS) is 17.5. The summed E-state index contributed by atoms with van der Waals surface area (Å²) < 4.78 is 12.4. The van der Waals surface area contributed by atoms with Gasteiger partial charge in [-0.15, -0.1) is 0 Å². The van der Waals surface area contributed by atoms with Crippen LogP contribution in [0.15, 0.2) is 34.9 Å². The highest BCUT2D eigenvalue weighted by Crippen LogP contribution is 2.21. The number of hydrogen-bond donors (Lipinski definition) is 2. The van der Waals surface area contributed by atoms with Crippen molar-refractivity contribution in [2.24, 2.45) is 0 Å². The smallest absolute Gasteiger partial charge is 0.276 e. The minimum absolute atomic E-state index is 0.243. The van der Waals surface area contributed by atoms with Crippen LogP contribution in [0, 0.1) is 0 Å². The highest BCUT2D eigenvalue weighted by molar-refractivity contribution is 6.03. The van der Waals surface area contributed by atoms with E-state index in [2.05, 4.69) is 20.7 Å². The minimum Gasteiger partial charge on any atom is -0.438 e. The van der Waals surface area contributed by atoms with Crippen molar-refractivity contribution < 1.29 is 13.9 Å². The molecular formula is C18H21N5O3. The molecule has 4 rings (SSSR count). The zero-order chi connectivity index (χ0) is 17.9. The molecule has 0 aliphatic carbocycles. The number of hydrogen-bond acceptors (Lipinski definition) is 6. The Labute approximate surface area is 150 Å². The van der Waals surface area contributed by atoms with Crippen LogP contribution in [0.3, 0.4) is 0 Å². The van der Waals surface area contributed by atoms with Gasteiger partial charge in [-0.3, -0.25) is 9.48 Å². The molecule has 0 radical (unpaired) electrons. The lowest BCUT2D eigenvalue weighted by atomic mass is 10.1. The number of benzene rings is 1. The second-order valence-corrected chi connectivity index (χ2v) is 6.36. The molecule has 0 spiro atoms. The number of carbonyl (C=O) groups excluding carboxylic acids is 1. The lowest BCUT2D eigenvalue weighted by Gasteiger charge is -2.22. The van der Waals surface area contributed by atoms with E-state index < -0.39 is 0 Å².